The highest BCUT2D eigenvalue weighted by Crippen LogP contribution is 2.25. The van der Waals surface area contributed by atoms with Gasteiger partial charge in [0.2, 0.25) is 5.91 Å². The molecule has 0 radical (unpaired) electrons. The number of nitrogens with zero attached hydrogens (tertiary/aromatic N) is 1. The molecule has 0 atom stereocenters. The Bertz CT molecular complexity index is 953. The predicted octanol–water partition coefficient (Wildman–Crippen LogP) is 3.99. The molecule has 30 heavy (non-hydrogen) atoms. The summed E-state index contributed by atoms with van der Waals surface area (Å²) in [5, 5.41) is 8.59. The molecule has 156 valence electrons. The molecule has 1 saturated heterocycles. The first-order valence-corrected chi connectivity index (χ1v) is 10.5. The average molecular weight is 406 g/mol. The summed E-state index contributed by atoms with van der Waals surface area (Å²) < 4.78 is 0. The summed E-state index contributed by atoms with van der Waals surface area (Å²) in [6, 6.07) is 14.0. The van der Waals surface area contributed by atoms with Gasteiger partial charge >= 0.3 is 6.03 Å². The molecule has 7 nitrogen and oxygen atoms in total. The van der Waals surface area contributed by atoms with Crippen molar-refractivity contribution in [1.29, 1.82) is 0 Å². The van der Waals surface area contributed by atoms with Crippen molar-refractivity contribution in [2.45, 2.75) is 32.1 Å². The Morgan fingerprint density at radius 3 is 2.40 bits per heavy atom. The topological polar surface area (TPSA) is 90.5 Å². The van der Waals surface area contributed by atoms with Gasteiger partial charge in [-0.15, -0.1) is 0 Å². The van der Waals surface area contributed by atoms with E-state index in [9.17, 15) is 14.4 Å². The van der Waals surface area contributed by atoms with Gasteiger partial charge in [0.25, 0.3) is 5.91 Å². The molecule has 0 unspecified atom stereocenters. The zero-order chi connectivity index (χ0) is 20.9. The highest BCUT2D eigenvalue weighted by atomic mass is 16.2. The first kappa shape index (κ1) is 19.9. The Balaban J connectivity index is 1.42. The Morgan fingerprint density at radius 2 is 1.67 bits per heavy atom. The fourth-order valence-corrected chi connectivity index (χ4v) is 4.02. The molecule has 0 bridgehead atoms. The number of amides is 4. The van der Waals surface area contributed by atoms with E-state index in [0.717, 1.165) is 31.4 Å². The van der Waals surface area contributed by atoms with Crippen molar-refractivity contribution in [1.82, 2.24) is 5.32 Å². The number of carbonyl (C=O) groups is 3. The van der Waals surface area contributed by atoms with Crippen LogP contribution in [0.5, 0.6) is 0 Å². The van der Waals surface area contributed by atoms with Crippen LogP contribution in [0.1, 0.15) is 42.5 Å². The van der Waals surface area contributed by atoms with E-state index in [-0.39, 0.29) is 23.8 Å². The van der Waals surface area contributed by atoms with E-state index in [2.05, 4.69) is 16.0 Å². The van der Waals surface area contributed by atoms with Crippen LogP contribution in [0, 0.1) is 5.92 Å². The van der Waals surface area contributed by atoms with Crippen LogP contribution in [0.2, 0.25) is 0 Å². The number of hydrogen-bond donors (Lipinski definition) is 3. The summed E-state index contributed by atoms with van der Waals surface area (Å²) >= 11 is 0. The van der Waals surface area contributed by atoms with Gasteiger partial charge in [0, 0.05) is 41.6 Å². The van der Waals surface area contributed by atoms with Crippen molar-refractivity contribution in [3.8, 4) is 0 Å². The van der Waals surface area contributed by atoms with Crippen LogP contribution in [-0.2, 0) is 4.79 Å². The number of benzene rings is 2. The fourth-order valence-electron chi connectivity index (χ4n) is 4.02. The average Bonchev–Trinajstić information content (AvgIpc) is 3.20. The first-order valence-electron chi connectivity index (χ1n) is 10.5. The number of carbonyl (C=O) groups excluding carboxylic acids is 3. The molecule has 0 spiro atoms. The summed E-state index contributed by atoms with van der Waals surface area (Å²) in [4.78, 5) is 38.7. The van der Waals surface area contributed by atoms with Crippen molar-refractivity contribution in [2.24, 2.45) is 5.92 Å². The Hall–Kier alpha value is -3.35. The van der Waals surface area contributed by atoms with Crippen molar-refractivity contribution >= 4 is 34.9 Å². The number of urea groups is 1. The van der Waals surface area contributed by atoms with E-state index in [1.54, 1.807) is 47.4 Å². The van der Waals surface area contributed by atoms with Crippen molar-refractivity contribution in [2.75, 3.05) is 28.6 Å². The van der Waals surface area contributed by atoms with Crippen molar-refractivity contribution < 1.29 is 14.4 Å². The van der Waals surface area contributed by atoms with Gasteiger partial charge in [-0.1, -0.05) is 31.4 Å². The lowest BCUT2D eigenvalue weighted by molar-refractivity contribution is -0.120. The van der Waals surface area contributed by atoms with Crippen molar-refractivity contribution in [3.63, 3.8) is 0 Å². The van der Waals surface area contributed by atoms with E-state index >= 15 is 0 Å². The lowest BCUT2D eigenvalue weighted by Crippen LogP contribution is -2.27. The van der Waals surface area contributed by atoms with E-state index in [1.165, 1.54) is 6.42 Å². The van der Waals surface area contributed by atoms with Gasteiger partial charge in [-0.3, -0.25) is 14.5 Å². The number of rotatable bonds is 5. The third kappa shape index (κ3) is 4.62. The maximum Gasteiger partial charge on any atom is 0.321 e. The normalized spacial score (nSPS) is 16.8. The van der Waals surface area contributed by atoms with Gasteiger partial charge in [-0.25, -0.2) is 4.79 Å². The lowest BCUT2D eigenvalue weighted by atomic mass is 9.88. The molecule has 2 fully saturated rings. The Labute approximate surface area is 175 Å². The summed E-state index contributed by atoms with van der Waals surface area (Å²) in [5.41, 5.74) is 2.42. The first-order chi connectivity index (χ1) is 14.6. The fraction of sp³-hybridized carbons (Fsp3) is 0.348. The van der Waals surface area contributed by atoms with Crippen molar-refractivity contribution in [3.05, 3.63) is 54.1 Å². The molecule has 1 saturated carbocycles. The zero-order valence-corrected chi connectivity index (χ0v) is 16.8. The third-order valence-electron chi connectivity index (χ3n) is 5.64. The van der Waals surface area contributed by atoms with E-state index in [1.807, 2.05) is 6.07 Å². The van der Waals surface area contributed by atoms with Crippen LogP contribution >= 0.6 is 0 Å². The van der Waals surface area contributed by atoms with E-state index in [0.29, 0.717) is 30.0 Å². The molecule has 0 aromatic heterocycles. The van der Waals surface area contributed by atoms with Gasteiger partial charge in [-0.2, -0.15) is 0 Å². The van der Waals surface area contributed by atoms with Crippen LogP contribution in [0.15, 0.2) is 48.5 Å². The number of nitrogens with one attached hydrogen (secondary N) is 3. The number of anilines is 3. The second-order valence-electron chi connectivity index (χ2n) is 7.79. The minimum atomic E-state index is -0.271. The van der Waals surface area contributed by atoms with Gasteiger partial charge in [0.05, 0.1) is 0 Å². The zero-order valence-electron chi connectivity index (χ0n) is 16.8. The molecular weight excluding hydrogens is 380 g/mol. The second kappa shape index (κ2) is 8.98. The monoisotopic (exact) mass is 406 g/mol. The predicted molar refractivity (Wildman–Crippen MR) is 117 cm³/mol. The second-order valence-corrected chi connectivity index (χ2v) is 7.79. The van der Waals surface area contributed by atoms with Crippen LogP contribution in [0.3, 0.4) is 0 Å². The molecule has 4 amide bonds. The van der Waals surface area contributed by atoms with Crippen LogP contribution in [-0.4, -0.2) is 30.9 Å². The summed E-state index contributed by atoms with van der Waals surface area (Å²) in [6.07, 6.45) is 5.25. The number of hydrogen-bond acceptors (Lipinski definition) is 3. The van der Waals surface area contributed by atoms with Gasteiger partial charge in [0.1, 0.15) is 0 Å². The minimum absolute atomic E-state index is 0.0313. The maximum atomic E-state index is 12.7. The van der Waals surface area contributed by atoms with Gasteiger partial charge in [-0.05, 0) is 49.2 Å². The van der Waals surface area contributed by atoms with Crippen LogP contribution in [0.25, 0.3) is 0 Å². The van der Waals surface area contributed by atoms with Gasteiger partial charge < -0.3 is 16.0 Å². The van der Waals surface area contributed by atoms with E-state index in [4.69, 9.17) is 0 Å². The quantitative estimate of drug-likeness (QED) is 0.701. The maximum absolute atomic E-state index is 12.7. The molecule has 2 aromatic rings. The van der Waals surface area contributed by atoms with Gasteiger partial charge in [0.15, 0.2) is 0 Å². The van der Waals surface area contributed by atoms with Crippen LogP contribution in [0.4, 0.5) is 21.9 Å². The molecule has 4 rings (SSSR count). The molecule has 7 heteroatoms. The minimum Gasteiger partial charge on any atom is -0.336 e. The molecule has 3 N–H and O–H groups in total. The largest absolute Gasteiger partial charge is 0.336 e. The summed E-state index contributed by atoms with van der Waals surface area (Å²) in [5.74, 6) is -0.183. The highest BCUT2D eigenvalue weighted by molar-refractivity contribution is 6.06. The lowest BCUT2D eigenvalue weighted by Gasteiger charge is -2.20. The molecule has 2 aliphatic rings. The third-order valence-corrected chi connectivity index (χ3v) is 5.64. The molecule has 1 heterocycles. The Morgan fingerprint density at radius 1 is 0.933 bits per heavy atom. The van der Waals surface area contributed by atoms with Crippen LogP contribution < -0.4 is 20.9 Å². The standard InChI is InChI=1S/C23H26N4O3/c28-21(16-6-2-1-3-7-16)25-18-9-4-8-17(14-18)22(29)26-19-10-5-11-20(15-19)27-13-12-24-23(27)30/h4-5,8-11,14-16H,1-3,6-7,12-13H2,(H,24,30)(H,25,28)(H,26,29). The Kier molecular flexibility index (Phi) is 5.97. The van der Waals surface area contributed by atoms with E-state index < -0.39 is 0 Å². The highest BCUT2D eigenvalue weighted by Gasteiger charge is 2.22. The molecular formula is C23H26N4O3. The molecule has 1 aliphatic heterocycles. The summed E-state index contributed by atoms with van der Waals surface area (Å²) in [7, 11) is 0. The SMILES string of the molecule is O=C(Nc1cccc(N2CCNC2=O)c1)c1cccc(NC(=O)C2CCCCC2)c1. The molecule has 1 aliphatic carbocycles. The smallest absolute Gasteiger partial charge is 0.321 e. The summed E-state index contributed by atoms with van der Waals surface area (Å²) in [6.45, 7) is 1.20. The molecule has 2 aromatic carbocycles.